The highest BCUT2D eigenvalue weighted by molar-refractivity contribution is 5.79. The number of rotatable bonds is 6. The third kappa shape index (κ3) is 4.15. The summed E-state index contributed by atoms with van der Waals surface area (Å²) in [6, 6.07) is 21.8. The average molecular weight is 417 g/mol. The Kier molecular flexibility index (Phi) is 5.73. The minimum atomic E-state index is -1.80. The number of carboxylic acid groups (broad SMARTS) is 1. The minimum absolute atomic E-state index is 0.101. The lowest BCUT2D eigenvalue weighted by atomic mass is 9.98. The van der Waals surface area contributed by atoms with E-state index >= 15 is 0 Å². The van der Waals surface area contributed by atoms with Crippen LogP contribution in [0.1, 0.15) is 34.2 Å². The Morgan fingerprint density at radius 1 is 0.935 bits per heavy atom. The summed E-state index contributed by atoms with van der Waals surface area (Å²) >= 11 is 0. The Hall–Kier alpha value is -3.64. The van der Waals surface area contributed by atoms with Gasteiger partial charge < -0.3 is 20.3 Å². The van der Waals surface area contributed by atoms with Gasteiger partial charge in [-0.2, -0.15) is 0 Å². The SMILES string of the molecule is Cc1ccc([C@H](NC(=O)OCC2c3ccccc3-c3ccccc32)[C@H](O)C(=O)O)cc1. The normalized spacial score (nSPS) is 14.3. The predicted molar refractivity (Wildman–Crippen MR) is 116 cm³/mol. The van der Waals surface area contributed by atoms with E-state index in [0.29, 0.717) is 5.56 Å². The van der Waals surface area contributed by atoms with Crippen molar-refractivity contribution in [2.24, 2.45) is 0 Å². The molecular formula is C25H23NO5. The number of aliphatic carboxylic acids is 1. The molecule has 0 spiro atoms. The van der Waals surface area contributed by atoms with Crippen LogP contribution in [0, 0.1) is 6.92 Å². The molecule has 3 N–H and O–H groups in total. The molecule has 6 heteroatoms. The van der Waals surface area contributed by atoms with Gasteiger partial charge in [-0.25, -0.2) is 9.59 Å². The number of benzene rings is 3. The van der Waals surface area contributed by atoms with Crippen LogP contribution in [0.5, 0.6) is 0 Å². The molecule has 3 aromatic carbocycles. The lowest BCUT2D eigenvalue weighted by molar-refractivity contribution is -0.148. The molecular weight excluding hydrogens is 394 g/mol. The first kappa shape index (κ1) is 20.6. The standard InChI is InChI=1S/C25H23NO5/c1-15-10-12-16(13-11-15)22(23(27)24(28)29)26-25(30)31-14-21-19-8-4-2-6-17(19)18-7-3-5-9-20(18)21/h2-13,21-23,27H,14H2,1H3,(H,26,30)(H,28,29)/t22-,23-/m0/s1. The van der Waals surface area contributed by atoms with E-state index in [9.17, 15) is 19.8 Å². The second-order valence-corrected chi connectivity index (χ2v) is 7.64. The zero-order valence-corrected chi connectivity index (χ0v) is 17.0. The highest BCUT2D eigenvalue weighted by Gasteiger charge is 2.31. The number of aryl methyl sites for hydroxylation is 1. The Morgan fingerprint density at radius 2 is 1.48 bits per heavy atom. The summed E-state index contributed by atoms with van der Waals surface area (Å²) < 4.78 is 5.49. The van der Waals surface area contributed by atoms with Crippen molar-refractivity contribution in [2.75, 3.05) is 6.61 Å². The van der Waals surface area contributed by atoms with Gasteiger partial charge in [-0.3, -0.25) is 0 Å². The minimum Gasteiger partial charge on any atom is -0.479 e. The number of ether oxygens (including phenoxy) is 1. The van der Waals surface area contributed by atoms with Gasteiger partial charge in [-0.05, 0) is 34.7 Å². The molecule has 1 amide bonds. The molecule has 0 saturated carbocycles. The molecule has 0 radical (unpaired) electrons. The summed E-state index contributed by atoms with van der Waals surface area (Å²) in [6.07, 6.45) is -2.59. The summed E-state index contributed by atoms with van der Waals surface area (Å²) in [4.78, 5) is 23.9. The smallest absolute Gasteiger partial charge is 0.407 e. The van der Waals surface area contributed by atoms with Crippen LogP contribution in [0.4, 0.5) is 4.79 Å². The first-order valence-corrected chi connectivity index (χ1v) is 10.0. The van der Waals surface area contributed by atoms with Crippen LogP contribution in [0.15, 0.2) is 72.8 Å². The fraction of sp³-hybridized carbons (Fsp3) is 0.200. The molecule has 3 aromatic rings. The van der Waals surface area contributed by atoms with Crippen LogP contribution in [0.25, 0.3) is 11.1 Å². The van der Waals surface area contributed by atoms with Gasteiger partial charge >= 0.3 is 12.1 Å². The number of aliphatic hydroxyl groups excluding tert-OH is 1. The van der Waals surface area contributed by atoms with Gasteiger partial charge in [0.05, 0.1) is 6.04 Å². The number of aliphatic hydroxyl groups is 1. The summed E-state index contributed by atoms with van der Waals surface area (Å²) in [5.41, 5.74) is 5.86. The van der Waals surface area contributed by atoms with E-state index < -0.39 is 24.2 Å². The van der Waals surface area contributed by atoms with E-state index in [1.54, 1.807) is 24.3 Å². The summed E-state index contributed by atoms with van der Waals surface area (Å²) in [5.74, 6) is -1.54. The third-order valence-electron chi connectivity index (χ3n) is 5.62. The monoisotopic (exact) mass is 417 g/mol. The van der Waals surface area contributed by atoms with Crippen LogP contribution >= 0.6 is 0 Å². The maximum Gasteiger partial charge on any atom is 0.407 e. The Labute approximate surface area is 180 Å². The van der Waals surface area contributed by atoms with Crippen LogP contribution in [0.2, 0.25) is 0 Å². The van der Waals surface area contributed by atoms with Gasteiger partial charge in [-0.1, -0.05) is 78.4 Å². The molecule has 0 heterocycles. The largest absolute Gasteiger partial charge is 0.479 e. The van der Waals surface area contributed by atoms with Crippen molar-refractivity contribution in [1.82, 2.24) is 5.32 Å². The van der Waals surface area contributed by atoms with Crippen LogP contribution in [-0.2, 0) is 9.53 Å². The molecule has 158 valence electrons. The topological polar surface area (TPSA) is 95.9 Å². The van der Waals surface area contributed by atoms with E-state index in [1.165, 1.54) is 0 Å². The number of carbonyl (C=O) groups excluding carboxylic acids is 1. The van der Waals surface area contributed by atoms with E-state index in [1.807, 2.05) is 55.5 Å². The summed E-state index contributed by atoms with van der Waals surface area (Å²) in [5, 5.41) is 21.9. The second-order valence-electron chi connectivity index (χ2n) is 7.64. The predicted octanol–water partition coefficient (Wildman–Crippen LogP) is 4.02. The maximum absolute atomic E-state index is 12.6. The summed E-state index contributed by atoms with van der Waals surface area (Å²) in [6.45, 7) is 2.00. The Morgan fingerprint density at radius 3 is 2.03 bits per heavy atom. The van der Waals surface area contributed by atoms with Gasteiger partial charge in [0.15, 0.2) is 6.10 Å². The second kappa shape index (κ2) is 8.62. The molecule has 0 unspecified atom stereocenters. The number of amides is 1. The number of carbonyl (C=O) groups is 2. The van der Waals surface area contributed by atoms with Crippen molar-refractivity contribution in [1.29, 1.82) is 0 Å². The van der Waals surface area contributed by atoms with Crippen molar-refractivity contribution in [3.8, 4) is 11.1 Å². The number of fused-ring (bicyclic) bond motifs is 3. The summed E-state index contributed by atoms with van der Waals surface area (Å²) in [7, 11) is 0. The zero-order valence-electron chi connectivity index (χ0n) is 17.0. The molecule has 0 saturated heterocycles. The molecule has 0 aromatic heterocycles. The molecule has 0 aliphatic heterocycles. The zero-order chi connectivity index (χ0) is 22.0. The van der Waals surface area contributed by atoms with Crippen LogP contribution in [-0.4, -0.2) is 35.0 Å². The van der Waals surface area contributed by atoms with Crippen molar-refractivity contribution in [3.63, 3.8) is 0 Å². The average Bonchev–Trinajstić information content (AvgIpc) is 3.10. The molecule has 0 fully saturated rings. The number of alkyl carbamates (subject to hydrolysis) is 1. The molecule has 31 heavy (non-hydrogen) atoms. The van der Waals surface area contributed by atoms with Crippen LogP contribution in [0.3, 0.4) is 0 Å². The first-order chi connectivity index (χ1) is 15.0. The van der Waals surface area contributed by atoms with Gasteiger partial charge in [0.25, 0.3) is 0 Å². The quantitative estimate of drug-likeness (QED) is 0.563. The molecule has 6 nitrogen and oxygen atoms in total. The maximum atomic E-state index is 12.6. The highest BCUT2D eigenvalue weighted by atomic mass is 16.5. The van der Waals surface area contributed by atoms with Crippen molar-refractivity contribution >= 4 is 12.1 Å². The fourth-order valence-corrected chi connectivity index (χ4v) is 4.03. The molecule has 2 atom stereocenters. The van der Waals surface area contributed by atoms with E-state index in [4.69, 9.17) is 4.74 Å². The first-order valence-electron chi connectivity index (χ1n) is 10.0. The Bertz CT molecular complexity index is 1060. The lowest BCUT2D eigenvalue weighted by Gasteiger charge is -2.22. The van der Waals surface area contributed by atoms with E-state index in [0.717, 1.165) is 27.8 Å². The highest BCUT2D eigenvalue weighted by Crippen LogP contribution is 2.44. The third-order valence-corrected chi connectivity index (χ3v) is 5.62. The van der Waals surface area contributed by atoms with Crippen molar-refractivity contribution in [2.45, 2.75) is 25.0 Å². The number of nitrogens with one attached hydrogen (secondary N) is 1. The van der Waals surface area contributed by atoms with Gasteiger partial charge in [-0.15, -0.1) is 0 Å². The molecule has 4 rings (SSSR count). The van der Waals surface area contributed by atoms with Gasteiger partial charge in [0.1, 0.15) is 6.61 Å². The van der Waals surface area contributed by atoms with Crippen LogP contribution < -0.4 is 5.32 Å². The number of hydrogen-bond acceptors (Lipinski definition) is 4. The molecule has 0 bridgehead atoms. The van der Waals surface area contributed by atoms with Gasteiger partial charge in [0, 0.05) is 5.92 Å². The van der Waals surface area contributed by atoms with E-state index in [2.05, 4.69) is 5.32 Å². The lowest BCUT2D eigenvalue weighted by Crippen LogP contribution is -2.40. The molecule has 1 aliphatic carbocycles. The van der Waals surface area contributed by atoms with Crippen molar-refractivity contribution < 1.29 is 24.5 Å². The van der Waals surface area contributed by atoms with Crippen molar-refractivity contribution in [3.05, 3.63) is 95.1 Å². The fourth-order valence-electron chi connectivity index (χ4n) is 4.03. The number of hydrogen-bond donors (Lipinski definition) is 3. The Balaban J connectivity index is 1.50. The molecule has 1 aliphatic rings. The van der Waals surface area contributed by atoms with E-state index in [-0.39, 0.29) is 12.5 Å². The van der Waals surface area contributed by atoms with Gasteiger partial charge in [0.2, 0.25) is 0 Å². The number of carboxylic acids is 1.